The highest BCUT2D eigenvalue weighted by Crippen LogP contribution is 2.37. The second-order valence-corrected chi connectivity index (χ2v) is 7.30. The van der Waals surface area contributed by atoms with Crippen molar-refractivity contribution in [1.82, 2.24) is 5.32 Å². The monoisotopic (exact) mass is 494 g/mol. The van der Waals surface area contributed by atoms with E-state index in [2.05, 4.69) is 26.0 Å². The van der Waals surface area contributed by atoms with Gasteiger partial charge in [-0.05, 0) is 57.9 Å². The summed E-state index contributed by atoms with van der Waals surface area (Å²) in [5.41, 5.74) is 0.997. The fraction of sp³-hybridized carbons (Fsp3) is 0.150. The van der Waals surface area contributed by atoms with Crippen LogP contribution in [-0.4, -0.2) is 38.7 Å². The molecular weight excluding hydrogens is 480 g/mol. The number of urea groups is 1. The maximum atomic E-state index is 12.8. The molecule has 1 heterocycles. The Balaban J connectivity index is 1.89. The number of nitrogens with one attached hydrogen (secondary N) is 1. The summed E-state index contributed by atoms with van der Waals surface area (Å²) in [6.45, 7) is -0.297. The van der Waals surface area contributed by atoms with E-state index in [0.717, 1.165) is 4.90 Å². The van der Waals surface area contributed by atoms with Gasteiger partial charge in [-0.25, -0.2) is 14.5 Å². The van der Waals surface area contributed by atoms with E-state index in [4.69, 9.17) is 21.1 Å². The molecule has 1 aliphatic rings. The molecule has 3 rings (SSSR count). The number of hydrogen-bond acceptors (Lipinski definition) is 6. The van der Waals surface area contributed by atoms with Crippen LogP contribution < -0.4 is 19.7 Å². The molecule has 3 amide bonds. The molecule has 0 bridgehead atoms. The summed E-state index contributed by atoms with van der Waals surface area (Å²) in [6.07, 6.45) is 1.50. The van der Waals surface area contributed by atoms with Gasteiger partial charge in [0.2, 0.25) is 0 Å². The van der Waals surface area contributed by atoms with Crippen molar-refractivity contribution in [2.75, 3.05) is 25.7 Å². The summed E-state index contributed by atoms with van der Waals surface area (Å²) < 4.78 is 15.8. The number of halogens is 2. The van der Waals surface area contributed by atoms with Gasteiger partial charge in [0.25, 0.3) is 5.91 Å². The molecule has 1 fully saturated rings. The molecule has 0 aromatic heterocycles. The van der Waals surface area contributed by atoms with Crippen LogP contribution in [-0.2, 0) is 14.3 Å². The first-order valence-electron chi connectivity index (χ1n) is 8.54. The number of esters is 1. The number of anilines is 1. The van der Waals surface area contributed by atoms with Gasteiger partial charge in [0.05, 0.1) is 24.4 Å². The highest BCUT2D eigenvalue weighted by Gasteiger charge is 2.35. The zero-order chi connectivity index (χ0) is 21.8. The molecule has 0 saturated carbocycles. The molecule has 10 heteroatoms. The fourth-order valence-corrected chi connectivity index (χ4v) is 3.46. The Bertz CT molecular complexity index is 1060. The van der Waals surface area contributed by atoms with E-state index in [1.54, 1.807) is 30.3 Å². The second-order valence-electron chi connectivity index (χ2n) is 6.01. The highest BCUT2D eigenvalue weighted by atomic mass is 79.9. The van der Waals surface area contributed by atoms with Crippen LogP contribution in [0.15, 0.2) is 46.6 Å². The lowest BCUT2D eigenvalue weighted by molar-refractivity contribution is -0.142. The number of methoxy groups -OCH3 is 2. The summed E-state index contributed by atoms with van der Waals surface area (Å²) in [5.74, 6) is -0.449. The third-order valence-corrected chi connectivity index (χ3v) is 4.89. The molecular formula is C20H16BrClN2O6. The van der Waals surface area contributed by atoms with Crippen molar-refractivity contribution in [2.24, 2.45) is 0 Å². The standard InChI is InChI=1S/C20H16BrClN2O6/c1-28-16-8-11(6-14(21)18(16)30-10-17(25)29-2)7-15-19(26)24(20(27)23-15)13-5-3-4-12(22)9-13/h3-9H,10H2,1-2H3,(H,23,27)/b15-7+. The number of nitrogens with zero attached hydrogens (tertiary/aromatic N) is 1. The number of carbonyl (C=O) groups excluding carboxylic acids is 3. The second kappa shape index (κ2) is 9.19. The van der Waals surface area contributed by atoms with Crippen molar-refractivity contribution in [1.29, 1.82) is 0 Å². The number of carbonyl (C=O) groups is 3. The molecule has 0 radical (unpaired) electrons. The molecule has 156 valence electrons. The van der Waals surface area contributed by atoms with Crippen LogP contribution in [0.2, 0.25) is 5.02 Å². The topological polar surface area (TPSA) is 94.2 Å². The first kappa shape index (κ1) is 21.7. The van der Waals surface area contributed by atoms with Crippen molar-refractivity contribution < 1.29 is 28.6 Å². The SMILES string of the molecule is COC(=O)COc1c(Br)cc(/C=C2/NC(=O)N(c3cccc(Cl)c3)C2=O)cc1OC. The highest BCUT2D eigenvalue weighted by molar-refractivity contribution is 9.10. The van der Waals surface area contributed by atoms with E-state index < -0.39 is 17.9 Å². The Kier molecular flexibility index (Phi) is 6.63. The van der Waals surface area contributed by atoms with Gasteiger partial charge in [-0.1, -0.05) is 17.7 Å². The average molecular weight is 496 g/mol. The summed E-state index contributed by atoms with van der Waals surface area (Å²) in [4.78, 5) is 37.4. The van der Waals surface area contributed by atoms with Gasteiger partial charge in [0.15, 0.2) is 18.1 Å². The van der Waals surface area contributed by atoms with Gasteiger partial charge in [-0.3, -0.25) is 4.79 Å². The molecule has 2 aromatic rings. The van der Waals surface area contributed by atoms with Crippen LogP contribution in [0, 0.1) is 0 Å². The van der Waals surface area contributed by atoms with Crippen molar-refractivity contribution in [3.05, 3.63) is 57.2 Å². The maximum absolute atomic E-state index is 12.8. The van der Waals surface area contributed by atoms with Gasteiger partial charge in [0, 0.05) is 5.02 Å². The van der Waals surface area contributed by atoms with E-state index in [1.807, 2.05) is 0 Å². The van der Waals surface area contributed by atoms with Crippen molar-refractivity contribution in [2.45, 2.75) is 0 Å². The molecule has 1 saturated heterocycles. The summed E-state index contributed by atoms with van der Waals surface area (Å²) in [7, 11) is 2.69. The van der Waals surface area contributed by atoms with Crippen LogP contribution in [0.25, 0.3) is 6.08 Å². The molecule has 0 spiro atoms. The Hall–Kier alpha value is -3.04. The molecule has 0 aliphatic carbocycles. The van der Waals surface area contributed by atoms with Gasteiger partial charge in [0.1, 0.15) is 5.70 Å². The number of benzene rings is 2. The van der Waals surface area contributed by atoms with Gasteiger partial charge in [-0.15, -0.1) is 0 Å². The van der Waals surface area contributed by atoms with E-state index in [1.165, 1.54) is 26.4 Å². The van der Waals surface area contributed by atoms with Gasteiger partial charge in [-0.2, -0.15) is 0 Å². The van der Waals surface area contributed by atoms with E-state index in [-0.39, 0.29) is 12.3 Å². The first-order valence-corrected chi connectivity index (χ1v) is 9.71. The fourth-order valence-electron chi connectivity index (χ4n) is 2.70. The largest absolute Gasteiger partial charge is 0.493 e. The molecule has 30 heavy (non-hydrogen) atoms. The third kappa shape index (κ3) is 4.58. The minimum atomic E-state index is -0.586. The normalized spacial score (nSPS) is 14.7. The Morgan fingerprint density at radius 3 is 2.67 bits per heavy atom. The molecule has 1 aliphatic heterocycles. The molecule has 2 aromatic carbocycles. The van der Waals surface area contributed by atoms with Crippen LogP contribution in [0.1, 0.15) is 5.56 Å². The van der Waals surface area contributed by atoms with E-state index in [0.29, 0.717) is 32.2 Å². The maximum Gasteiger partial charge on any atom is 0.343 e. The Morgan fingerprint density at radius 2 is 2.00 bits per heavy atom. The molecule has 8 nitrogen and oxygen atoms in total. The van der Waals surface area contributed by atoms with Gasteiger partial charge >= 0.3 is 12.0 Å². The van der Waals surface area contributed by atoms with Crippen molar-refractivity contribution >= 4 is 57.2 Å². The third-order valence-electron chi connectivity index (χ3n) is 4.07. The van der Waals surface area contributed by atoms with Gasteiger partial charge < -0.3 is 19.5 Å². The lowest BCUT2D eigenvalue weighted by Gasteiger charge is -2.13. The van der Waals surface area contributed by atoms with E-state index in [9.17, 15) is 14.4 Å². The molecule has 1 N–H and O–H groups in total. The summed E-state index contributed by atoms with van der Waals surface area (Å²) >= 11 is 9.32. The van der Waals surface area contributed by atoms with Crippen LogP contribution >= 0.6 is 27.5 Å². The number of imide groups is 1. The number of hydrogen-bond donors (Lipinski definition) is 1. The number of ether oxygens (including phenoxy) is 3. The Labute approximate surface area is 185 Å². The van der Waals surface area contributed by atoms with Crippen molar-refractivity contribution in [3.8, 4) is 11.5 Å². The zero-order valence-electron chi connectivity index (χ0n) is 15.9. The van der Waals surface area contributed by atoms with E-state index >= 15 is 0 Å². The lowest BCUT2D eigenvalue weighted by atomic mass is 10.1. The van der Waals surface area contributed by atoms with Crippen LogP contribution in [0.5, 0.6) is 11.5 Å². The lowest BCUT2D eigenvalue weighted by Crippen LogP contribution is -2.30. The predicted molar refractivity (Wildman–Crippen MR) is 114 cm³/mol. The van der Waals surface area contributed by atoms with Crippen LogP contribution in [0.4, 0.5) is 10.5 Å². The molecule has 0 atom stereocenters. The molecule has 0 unspecified atom stereocenters. The summed E-state index contributed by atoms with van der Waals surface area (Å²) in [5, 5.41) is 2.95. The summed E-state index contributed by atoms with van der Waals surface area (Å²) in [6, 6.07) is 9.10. The zero-order valence-corrected chi connectivity index (χ0v) is 18.2. The smallest absolute Gasteiger partial charge is 0.343 e. The first-order chi connectivity index (χ1) is 14.3. The van der Waals surface area contributed by atoms with Crippen LogP contribution in [0.3, 0.4) is 0 Å². The van der Waals surface area contributed by atoms with Crippen molar-refractivity contribution in [3.63, 3.8) is 0 Å². The predicted octanol–water partition coefficient (Wildman–Crippen LogP) is 3.76. The average Bonchev–Trinajstić information content (AvgIpc) is 2.99. The number of amides is 3. The minimum absolute atomic E-state index is 0.0807. The number of rotatable bonds is 6. The quantitative estimate of drug-likeness (QED) is 0.373. The Morgan fingerprint density at radius 1 is 1.23 bits per heavy atom. The minimum Gasteiger partial charge on any atom is -0.493 e.